The van der Waals surface area contributed by atoms with Crippen molar-refractivity contribution in [1.29, 1.82) is 0 Å². The summed E-state index contributed by atoms with van der Waals surface area (Å²) < 4.78 is 33.8. The highest BCUT2D eigenvalue weighted by Gasteiger charge is 2.55. The predicted molar refractivity (Wildman–Crippen MR) is 118 cm³/mol. The van der Waals surface area contributed by atoms with Gasteiger partial charge in [-0.25, -0.2) is 4.79 Å². The molecule has 2 aliphatic rings. The summed E-state index contributed by atoms with van der Waals surface area (Å²) in [5, 5.41) is 16.0. The summed E-state index contributed by atoms with van der Waals surface area (Å²) in [5.41, 5.74) is 2.26. The number of hydrogen-bond acceptors (Lipinski definition) is 5. The molecule has 0 radical (unpaired) electrons. The predicted octanol–water partition coefficient (Wildman–Crippen LogP) is 4.00. The van der Waals surface area contributed by atoms with Gasteiger partial charge in [0.15, 0.2) is 0 Å². The molecule has 11 heteroatoms. The van der Waals surface area contributed by atoms with Crippen LogP contribution in [0.3, 0.4) is 0 Å². The Kier molecular flexibility index (Phi) is 7.52. The zero-order valence-electron chi connectivity index (χ0n) is 18.9. The lowest BCUT2D eigenvalue weighted by atomic mass is 9.70. The number of amides is 1. The molecule has 4 rings (SSSR count). The fourth-order valence-electron chi connectivity index (χ4n) is 4.87. The molecule has 2 aromatic rings. The number of thiophene rings is 1. The Morgan fingerprint density at radius 2 is 2.06 bits per heavy atom. The van der Waals surface area contributed by atoms with Crippen molar-refractivity contribution >= 4 is 23.2 Å². The number of hydrogen-bond donors (Lipinski definition) is 1. The first-order chi connectivity index (χ1) is 15.5. The summed E-state index contributed by atoms with van der Waals surface area (Å²) in [6.07, 6.45) is -1.13. The van der Waals surface area contributed by atoms with Gasteiger partial charge >= 0.3 is 12.1 Å². The van der Waals surface area contributed by atoms with E-state index in [-0.39, 0.29) is 11.3 Å². The molecule has 33 heavy (non-hydrogen) atoms. The molecule has 2 aliphatic heterocycles. The second-order valence-corrected chi connectivity index (χ2v) is 9.72. The van der Waals surface area contributed by atoms with E-state index in [0.29, 0.717) is 11.9 Å². The van der Waals surface area contributed by atoms with E-state index >= 15 is 0 Å². The Balaban J connectivity index is 0.000000383. The molecule has 1 amide bonds. The molecule has 2 fully saturated rings. The van der Waals surface area contributed by atoms with Gasteiger partial charge in [-0.05, 0) is 55.1 Å². The molecule has 1 N–H and O–H groups in total. The van der Waals surface area contributed by atoms with Crippen LogP contribution in [0.2, 0.25) is 0 Å². The van der Waals surface area contributed by atoms with Crippen LogP contribution in [-0.4, -0.2) is 69.4 Å². The van der Waals surface area contributed by atoms with Gasteiger partial charge in [-0.1, -0.05) is 0 Å². The van der Waals surface area contributed by atoms with E-state index in [1.54, 1.807) is 11.3 Å². The summed E-state index contributed by atoms with van der Waals surface area (Å²) in [6, 6.07) is 4.62. The van der Waals surface area contributed by atoms with Crippen molar-refractivity contribution < 1.29 is 27.9 Å². The largest absolute Gasteiger partial charge is 0.490 e. The number of piperidine rings is 1. The number of aromatic nitrogens is 2. The molecule has 0 unspecified atom stereocenters. The number of alkyl halides is 3. The standard InChI is InChI=1S/C20H28N4OS.C2HF3O2/c1-15(2)24-18(5-8-21-24)17-12-23(11-16-6-10-26-13-16)14-20(17)7-4-9-22(3)19(20)25;3-2(4,5)1(6)7/h5-6,8,10,13,15,17H,4,7,9,11-12,14H2,1-3H3;(H,6,7)/t17-,20+;/m0./s1. The second-order valence-electron chi connectivity index (χ2n) is 8.94. The van der Waals surface area contributed by atoms with E-state index in [1.165, 1.54) is 11.3 Å². The number of rotatable bonds is 4. The molecule has 0 saturated carbocycles. The first-order valence-electron chi connectivity index (χ1n) is 10.8. The zero-order chi connectivity index (χ0) is 24.4. The summed E-state index contributed by atoms with van der Waals surface area (Å²) in [4.78, 5) is 26.7. The fraction of sp³-hybridized carbons (Fsp3) is 0.591. The van der Waals surface area contributed by atoms with Crippen LogP contribution < -0.4 is 0 Å². The molecule has 2 aromatic heterocycles. The molecule has 2 saturated heterocycles. The second kappa shape index (κ2) is 9.84. The molecule has 0 aliphatic carbocycles. The number of carbonyl (C=O) groups excluding carboxylic acids is 1. The summed E-state index contributed by atoms with van der Waals surface area (Å²) in [5.74, 6) is -2.23. The van der Waals surface area contributed by atoms with Crippen LogP contribution in [0.15, 0.2) is 29.1 Å². The van der Waals surface area contributed by atoms with Gasteiger partial charge in [0.25, 0.3) is 0 Å². The number of carboxylic acid groups (broad SMARTS) is 1. The van der Waals surface area contributed by atoms with Crippen molar-refractivity contribution in [2.75, 3.05) is 26.7 Å². The zero-order valence-corrected chi connectivity index (χ0v) is 19.7. The minimum absolute atomic E-state index is 0.210. The van der Waals surface area contributed by atoms with Gasteiger partial charge in [0.2, 0.25) is 5.91 Å². The summed E-state index contributed by atoms with van der Waals surface area (Å²) in [6.45, 7) is 7.90. The SMILES string of the molecule is CC(C)n1nccc1[C@@H]1CN(Cc2ccsc2)C[C@]12CCCN(C)C2=O.O=C(O)C(F)(F)F. The van der Waals surface area contributed by atoms with Gasteiger partial charge in [0.05, 0.1) is 5.41 Å². The van der Waals surface area contributed by atoms with Crippen LogP contribution in [0.25, 0.3) is 0 Å². The smallest absolute Gasteiger partial charge is 0.475 e. The van der Waals surface area contributed by atoms with E-state index in [0.717, 1.165) is 39.0 Å². The Morgan fingerprint density at radius 3 is 2.64 bits per heavy atom. The number of aliphatic carboxylic acids is 1. The highest BCUT2D eigenvalue weighted by Crippen LogP contribution is 2.49. The monoisotopic (exact) mass is 486 g/mol. The number of carboxylic acids is 1. The molecule has 4 heterocycles. The number of halogens is 3. The Hall–Kier alpha value is -2.40. The third-order valence-corrected chi connectivity index (χ3v) is 7.01. The molecular formula is C22H29F3N4O3S. The minimum Gasteiger partial charge on any atom is -0.475 e. The molecule has 0 aromatic carbocycles. The van der Waals surface area contributed by atoms with Gasteiger partial charge in [-0.15, -0.1) is 0 Å². The highest BCUT2D eigenvalue weighted by atomic mass is 32.1. The Bertz CT molecular complexity index is 960. The molecule has 2 atom stereocenters. The van der Waals surface area contributed by atoms with Crippen molar-refractivity contribution in [3.63, 3.8) is 0 Å². The van der Waals surface area contributed by atoms with E-state index in [9.17, 15) is 18.0 Å². The van der Waals surface area contributed by atoms with Crippen molar-refractivity contribution in [2.24, 2.45) is 5.41 Å². The van der Waals surface area contributed by atoms with Crippen LogP contribution in [0, 0.1) is 5.41 Å². The van der Waals surface area contributed by atoms with Crippen LogP contribution in [0.4, 0.5) is 13.2 Å². The molecule has 182 valence electrons. The topological polar surface area (TPSA) is 78.7 Å². The van der Waals surface area contributed by atoms with Crippen molar-refractivity contribution in [2.45, 2.75) is 51.4 Å². The fourth-order valence-corrected chi connectivity index (χ4v) is 5.53. The average molecular weight is 487 g/mol. The Morgan fingerprint density at radius 1 is 1.36 bits per heavy atom. The lowest BCUT2D eigenvalue weighted by Gasteiger charge is -2.41. The van der Waals surface area contributed by atoms with Gasteiger partial charge in [-0.2, -0.15) is 29.6 Å². The molecular weight excluding hydrogens is 457 g/mol. The molecule has 1 spiro atoms. The van der Waals surface area contributed by atoms with Crippen LogP contribution >= 0.6 is 11.3 Å². The summed E-state index contributed by atoms with van der Waals surface area (Å²) >= 11 is 1.74. The number of likely N-dealkylation sites (tertiary alicyclic amines) is 2. The van der Waals surface area contributed by atoms with E-state index in [1.807, 2.05) is 18.1 Å². The lowest BCUT2D eigenvalue weighted by molar-refractivity contribution is -0.192. The van der Waals surface area contributed by atoms with Gasteiger partial charge in [0.1, 0.15) is 0 Å². The number of nitrogens with zero attached hydrogens (tertiary/aromatic N) is 4. The molecule has 0 bridgehead atoms. The van der Waals surface area contributed by atoms with Gasteiger partial charge in [0, 0.05) is 57.1 Å². The normalized spacial score (nSPS) is 23.8. The number of carbonyl (C=O) groups is 2. The van der Waals surface area contributed by atoms with E-state index in [2.05, 4.69) is 51.4 Å². The third kappa shape index (κ3) is 5.40. The van der Waals surface area contributed by atoms with Crippen molar-refractivity contribution in [3.05, 3.63) is 40.3 Å². The van der Waals surface area contributed by atoms with Crippen molar-refractivity contribution in [3.8, 4) is 0 Å². The maximum atomic E-state index is 13.4. The average Bonchev–Trinajstić information content (AvgIpc) is 3.46. The maximum absolute atomic E-state index is 13.4. The minimum atomic E-state index is -5.08. The van der Waals surface area contributed by atoms with Crippen molar-refractivity contribution in [1.82, 2.24) is 19.6 Å². The molecule has 7 nitrogen and oxygen atoms in total. The van der Waals surface area contributed by atoms with Crippen LogP contribution in [0.1, 0.15) is 49.9 Å². The quantitative estimate of drug-likeness (QED) is 0.707. The van der Waals surface area contributed by atoms with E-state index in [4.69, 9.17) is 9.90 Å². The summed E-state index contributed by atoms with van der Waals surface area (Å²) in [7, 11) is 1.96. The first kappa shape index (κ1) is 25.2. The first-order valence-corrected chi connectivity index (χ1v) is 11.7. The van der Waals surface area contributed by atoms with Gasteiger partial charge < -0.3 is 10.0 Å². The van der Waals surface area contributed by atoms with Gasteiger partial charge in [-0.3, -0.25) is 14.4 Å². The Labute approximate surface area is 194 Å². The van der Waals surface area contributed by atoms with E-state index < -0.39 is 12.1 Å². The highest BCUT2D eigenvalue weighted by molar-refractivity contribution is 7.07. The van der Waals surface area contributed by atoms with Crippen LogP contribution in [-0.2, 0) is 16.1 Å². The lowest BCUT2D eigenvalue weighted by Crippen LogP contribution is -2.50. The van der Waals surface area contributed by atoms with Crippen LogP contribution in [0.5, 0.6) is 0 Å². The third-order valence-electron chi connectivity index (χ3n) is 6.28. The maximum Gasteiger partial charge on any atom is 0.490 e.